The molecule has 0 aromatic carbocycles. The van der Waals surface area contributed by atoms with Gasteiger partial charge in [-0.3, -0.25) is 4.68 Å². The van der Waals surface area contributed by atoms with E-state index in [4.69, 9.17) is 0 Å². The van der Waals surface area contributed by atoms with Crippen LogP contribution in [0.4, 0.5) is 12.9 Å². The summed E-state index contributed by atoms with van der Waals surface area (Å²) in [6.45, 7) is -1.76. The molecule has 0 aliphatic rings. The Hall–Kier alpha value is 0.631. The molecule has 0 saturated heterocycles. The third kappa shape index (κ3) is 4.59. The van der Waals surface area contributed by atoms with Gasteiger partial charge in [0.05, 0.1) is 0 Å². The predicted molar refractivity (Wildman–Crippen MR) is 38.6 cm³/mol. The first-order chi connectivity index (χ1) is 5.38. The molecule has 0 saturated carbocycles. The van der Waals surface area contributed by atoms with E-state index < -0.39 is 13.4 Å². The van der Waals surface area contributed by atoms with Gasteiger partial charge in [-0.2, -0.15) is 5.10 Å². The van der Waals surface area contributed by atoms with Crippen LogP contribution in [0.3, 0.4) is 0 Å². The van der Waals surface area contributed by atoms with E-state index in [-0.39, 0.29) is 51.4 Å². The molecule has 1 aromatic heterocycles. The Kier molecular flexibility index (Phi) is 5.16. The zero-order valence-corrected chi connectivity index (χ0v) is 10.9. The maximum atomic E-state index is 11.9. The Labute approximate surface area is 117 Å². The minimum atomic E-state index is -4.83. The first-order valence-electron chi connectivity index (χ1n) is 3.47. The number of nitrogens with zero attached hydrogens (tertiary/aromatic N) is 3. The molecule has 1 aromatic rings. The molecule has 0 spiro atoms. The minimum Gasteiger partial charge on any atom is -0.448 e. The molecule has 13 heavy (non-hydrogen) atoms. The van der Waals surface area contributed by atoms with E-state index in [9.17, 15) is 12.9 Å². The molecule has 1 rings (SSSR count). The van der Waals surface area contributed by atoms with Crippen molar-refractivity contribution in [1.29, 1.82) is 0 Å². The number of rotatable bonds is 2. The summed E-state index contributed by atoms with van der Waals surface area (Å²) in [5.74, 6) is 0.666. The monoisotopic (exact) mass is 217 g/mol. The number of aromatic nitrogens is 3. The van der Waals surface area contributed by atoms with E-state index in [1.165, 1.54) is 6.92 Å². The molecule has 0 radical (unpaired) electrons. The fraction of sp³-hybridized carbons (Fsp3) is 0.600. The number of hydrogen-bond acceptors (Lipinski definition) is 2. The normalized spacial score (nSPS) is 11.2. The molecule has 0 aliphatic carbocycles. The topological polar surface area (TPSA) is 30.7 Å². The van der Waals surface area contributed by atoms with Crippen LogP contribution in [0.25, 0.3) is 0 Å². The summed E-state index contributed by atoms with van der Waals surface area (Å²) < 4.78 is 36.6. The van der Waals surface area contributed by atoms with Crippen LogP contribution in [0.15, 0.2) is 0 Å². The molecule has 3 nitrogen and oxygen atoms in total. The van der Waals surface area contributed by atoms with Gasteiger partial charge < -0.3 is 12.9 Å². The van der Waals surface area contributed by atoms with E-state index in [1.807, 2.05) is 0 Å². The van der Waals surface area contributed by atoms with E-state index in [1.54, 1.807) is 6.92 Å². The van der Waals surface area contributed by atoms with E-state index in [2.05, 4.69) is 10.1 Å². The molecular formula is C5H8BF3KN3. The number of aryl methyl sites for hydroxylation is 2. The van der Waals surface area contributed by atoms with Crippen molar-refractivity contribution in [2.24, 2.45) is 0 Å². The molecule has 68 valence electrons. The fourth-order valence-corrected chi connectivity index (χ4v) is 0.930. The minimum absolute atomic E-state index is 0. The van der Waals surface area contributed by atoms with Crippen LogP contribution >= 0.6 is 0 Å². The molecular weight excluding hydrogens is 209 g/mol. The smallest absolute Gasteiger partial charge is 0.448 e. The molecule has 0 fully saturated rings. The molecule has 0 aliphatic heterocycles. The Bertz CT molecular complexity index is 285. The second-order valence-electron chi connectivity index (χ2n) is 2.60. The maximum Gasteiger partial charge on any atom is 1.00 e. The maximum absolute atomic E-state index is 11.9. The molecule has 0 unspecified atom stereocenters. The van der Waals surface area contributed by atoms with Gasteiger partial charge >= 0.3 is 58.4 Å². The SMILES string of the molecule is Cc1nc(C)n(C[B-](F)(F)F)n1.[K+]. The van der Waals surface area contributed by atoms with Crippen LogP contribution in [0, 0.1) is 13.8 Å². The average Bonchev–Trinajstić information content (AvgIpc) is 2.06. The Balaban J connectivity index is 0.00000144. The van der Waals surface area contributed by atoms with Gasteiger partial charge in [0.1, 0.15) is 11.6 Å². The zero-order valence-electron chi connectivity index (χ0n) is 7.76. The van der Waals surface area contributed by atoms with Crippen LogP contribution in [0.5, 0.6) is 0 Å². The zero-order chi connectivity index (χ0) is 9.35. The van der Waals surface area contributed by atoms with E-state index >= 15 is 0 Å². The average molecular weight is 217 g/mol. The van der Waals surface area contributed by atoms with Gasteiger partial charge in [-0.05, 0) is 13.8 Å². The standard InChI is InChI=1S/C5H8BF3N3.K/c1-4-10-5(2)12(11-4)3-6(7,8)9;/h3H2,1-2H3;/q-1;+1. The van der Waals surface area contributed by atoms with Crippen molar-refractivity contribution in [2.75, 3.05) is 0 Å². The molecule has 1 heterocycles. The van der Waals surface area contributed by atoms with Crippen LogP contribution in [0.1, 0.15) is 11.6 Å². The van der Waals surface area contributed by atoms with Crippen molar-refractivity contribution in [2.45, 2.75) is 20.3 Å². The van der Waals surface area contributed by atoms with Gasteiger partial charge in [0.15, 0.2) is 0 Å². The van der Waals surface area contributed by atoms with Crippen molar-refractivity contribution < 1.29 is 64.3 Å². The molecule has 8 heteroatoms. The van der Waals surface area contributed by atoms with Crippen LogP contribution < -0.4 is 51.4 Å². The second kappa shape index (κ2) is 4.92. The quantitative estimate of drug-likeness (QED) is 0.552. The van der Waals surface area contributed by atoms with Crippen molar-refractivity contribution in [3.63, 3.8) is 0 Å². The van der Waals surface area contributed by atoms with Gasteiger partial charge in [0.2, 0.25) is 0 Å². The molecule has 0 N–H and O–H groups in total. The summed E-state index contributed by atoms with van der Waals surface area (Å²) in [6, 6.07) is 0. The summed E-state index contributed by atoms with van der Waals surface area (Å²) in [6.07, 6.45) is -1.01. The summed E-state index contributed by atoms with van der Waals surface area (Å²) in [7, 11) is 0. The van der Waals surface area contributed by atoms with E-state index in [0.717, 1.165) is 4.68 Å². The second-order valence-corrected chi connectivity index (χ2v) is 2.60. The molecule has 0 amide bonds. The largest absolute Gasteiger partial charge is 1.00 e. The summed E-state index contributed by atoms with van der Waals surface area (Å²) in [4.78, 5) is 3.76. The van der Waals surface area contributed by atoms with Gasteiger partial charge in [0.25, 0.3) is 0 Å². The van der Waals surface area contributed by atoms with Crippen LogP contribution in [0.2, 0.25) is 0 Å². The summed E-state index contributed by atoms with van der Waals surface area (Å²) in [5.41, 5.74) is 0. The fourth-order valence-electron chi connectivity index (χ4n) is 0.930. The van der Waals surface area contributed by atoms with Gasteiger partial charge in [-0.1, -0.05) is 0 Å². The number of halogens is 3. The first-order valence-corrected chi connectivity index (χ1v) is 3.47. The summed E-state index contributed by atoms with van der Waals surface area (Å²) in [5, 5.41) is 3.60. The van der Waals surface area contributed by atoms with Crippen molar-refractivity contribution in [1.82, 2.24) is 14.8 Å². The Morgan fingerprint density at radius 1 is 1.31 bits per heavy atom. The van der Waals surface area contributed by atoms with Gasteiger partial charge in [0, 0.05) is 6.44 Å². The van der Waals surface area contributed by atoms with Gasteiger partial charge in [-0.15, -0.1) is 0 Å². The third-order valence-corrected chi connectivity index (χ3v) is 1.34. The number of hydrogen-bond donors (Lipinski definition) is 0. The van der Waals surface area contributed by atoms with Crippen molar-refractivity contribution >= 4 is 6.98 Å². The van der Waals surface area contributed by atoms with E-state index in [0.29, 0.717) is 11.6 Å². The van der Waals surface area contributed by atoms with Crippen LogP contribution in [-0.2, 0) is 6.44 Å². The first kappa shape index (κ1) is 13.6. The summed E-state index contributed by atoms with van der Waals surface area (Å²) >= 11 is 0. The Morgan fingerprint density at radius 3 is 2.15 bits per heavy atom. The van der Waals surface area contributed by atoms with Gasteiger partial charge in [-0.25, -0.2) is 4.98 Å². The van der Waals surface area contributed by atoms with Crippen LogP contribution in [-0.4, -0.2) is 21.7 Å². The third-order valence-electron chi connectivity index (χ3n) is 1.34. The Morgan fingerprint density at radius 2 is 1.85 bits per heavy atom. The molecule has 0 bridgehead atoms. The van der Waals surface area contributed by atoms with Crippen molar-refractivity contribution in [3.05, 3.63) is 11.6 Å². The van der Waals surface area contributed by atoms with Crippen molar-refractivity contribution in [3.8, 4) is 0 Å². The molecule has 0 atom stereocenters. The predicted octanol–water partition coefficient (Wildman–Crippen LogP) is -1.71.